The molecular formula is C91H169NO18. The first-order chi connectivity index (χ1) is 53.8. The predicted octanol–water partition coefficient (Wildman–Crippen LogP) is 17.6. The molecule has 0 aromatic rings. The number of rotatable bonds is 75. The van der Waals surface area contributed by atoms with Gasteiger partial charge in [-0.25, -0.2) is 0 Å². The molecule has 0 spiro atoms. The molecule has 17 atom stereocenters. The average molecular weight is 1570 g/mol. The number of aliphatic hydroxyl groups is 11. The van der Waals surface area contributed by atoms with Gasteiger partial charge in [0.05, 0.1) is 38.6 Å². The molecule has 3 fully saturated rings. The summed E-state index contributed by atoms with van der Waals surface area (Å²) in [5.41, 5.74) is 0. The molecule has 646 valence electrons. The van der Waals surface area contributed by atoms with Gasteiger partial charge in [-0.15, -0.1) is 0 Å². The lowest BCUT2D eigenvalue weighted by molar-refractivity contribution is -0.379. The van der Waals surface area contributed by atoms with E-state index >= 15 is 0 Å². The summed E-state index contributed by atoms with van der Waals surface area (Å²) in [5.74, 6) is -0.278. The van der Waals surface area contributed by atoms with Gasteiger partial charge in [0.2, 0.25) is 5.91 Å². The van der Waals surface area contributed by atoms with Crippen LogP contribution in [-0.4, -0.2) is 193 Å². The van der Waals surface area contributed by atoms with Crippen molar-refractivity contribution in [2.45, 2.75) is 497 Å². The average Bonchev–Trinajstić information content (AvgIpc) is 0.795. The zero-order chi connectivity index (χ0) is 79.5. The SMILES string of the molecule is CCCCCCC/C=C\C/C=C\CCCCCCCCCCCCCCCCCCCCCCCCCC(=O)NC(COC1OC(CO)C(OC2OC(CO)C(OC3OC(CO)C(O)C(O)C3O)C(O)C2O)C(O)C1O)C(O)/C=C/CC/C=C/CCCCCCCCCCCCCCCCCCCCCCCCCC. The number of unbranched alkanes of at least 4 members (excludes halogenated alkanes) is 53. The molecule has 19 nitrogen and oxygen atoms in total. The van der Waals surface area contributed by atoms with E-state index in [9.17, 15) is 61.0 Å². The molecule has 1 amide bonds. The smallest absolute Gasteiger partial charge is 0.220 e. The fraction of sp³-hybridized carbons (Fsp3) is 0.901. The molecule has 3 rings (SSSR count). The Morgan fingerprint density at radius 2 is 0.609 bits per heavy atom. The number of carbonyl (C=O) groups is 1. The molecule has 0 aromatic heterocycles. The first kappa shape index (κ1) is 102. The Balaban J connectivity index is 1.33. The van der Waals surface area contributed by atoms with Crippen molar-refractivity contribution in [3.63, 3.8) is 0 Å². The molecule has 0 aliphatic carbocycles. The van der Waals surface area contributed by atoms with Crippen LogP contribution in [0.5, 0.6) is 0 Å². The summed E-state index contributed by atoms with van der Waals surface area (Å²) in [5, 5.41) is 121. The highest BCUT2D eigenvalue weighted by molar-refractivity contribution is 5.76. The summed E-state index contributed by atoms with van der Waals surface area (Å²) >= 11 is 0. The van der Waals surface area contributed by atoms with E-state index in [1.807, 2.05) is 6.08 Å². The molecule has 3 aliphatic rings. The van der Waals surface area contributed by atoms with Crippen LogP contribution in [0, 0.1) is 0 Å². The van der Waals surface area contributed by atoms with Crippen molar-refractivity contribution >= 4 is 5.91 Å². The summed E-state index contributed by atoms with van der Waals surface area (Å²) in [6.07, 6.45) is 65.6. The summed E-state index contributed by atoms with van der Waals surface area (Å²) in [6, 6.07) is -0.992. The Morgan fingerprint density at radius 1 is 0.327 bits per heavy atom. The van der Waals surface area contributed by atoms with Crippen molar-refractivity contribution in [2.75, 3.05) is 26.4 Å². The molecule has 12 N–H and O–H groups in total. The number of hydrogen-bond acceptors (Lipinski definition) is 18. The highest BCUT2D eigenvalue weighted by Gasteiger charge is 2.54. The van der Waals surface area contributed by atoms with Crippen LogP contribution in [0.3, 0.4) is 0 Å². The predicted molar refractivity (Wildman–Crippen MR) is 443 cm³/mol. The third-order valence-electron chi connectivity index (χ3n) is 22.8. The van der Waals surface area contributed by atoms with E-state index in [0.717, 1.165) is 44.9 Å². The van der Waals surface area contributed by atoms with Crippen molar-refractivity contribution in [1.29, 1.82) is 0 Å². The molecule has 0 aromatic carbocycles. The number of hydrogen-bond donors (Lipinski definition) is 12. The zero-order valence-corrected chi connectivity index (χ0v) is 69.8. The van der Waals surface area contributed by atoms with Gasteiger partial charge in [-0.1, -0.05) is 371 Å². The highest BCUT2D eigenvalue weighted by Crippen LogP contribution is 2.34. The largest absolute Gasteiger partial charge is 0.394 e. The van der Waals surface area contributed by atoms with Crippen molar-refractivity contribution in [2.24, 2.45) is 0 Å². The van der Waals surface area contributed by atoms with Gasteiger partial charge in [0.25, 0.3) is 0 Å². The van der Waals surface area contributed by atoms with Crippen molar-refractivity contribution in [3.8, 4) is 0 Å². The minimum Gasteiger partial charge on any atom is -0.394 e. The molecule has 3 aliphatic heterocycles. The number of ether oxygens (including phenoxy) is 6. The molecule has 0 bridgehead atoms. The van der Waals surface area contributed by atoms with Gasteiger partial charge in [0, 0.05) is 6.42 Å². The minimum absolute atomic E-state index is 0.239. The van der Waals surface area contributed by atoms with Gasteiger partial charge in [-0.3, -0.25) is 4.79 Å². The molecule has 0 radical (unpaired) electrons. The lowest BCUT2D eigenvalue weighted by Crippen LogP contribution is -2.66. The molecule has 3 heterocycles. The van der Waals surface area contributed by atoms with Gasteiger partial charge in [-0.2, -0.15) is 0 Å². The normalized spacial score (nSPS) is 25.3. The summed E-state index contributed by atoms with van der Waals surface area (Å²) in [6.45, 7) is 1.77. The van der Waals surface area contributed by atoms with Crippen LogP contribution in [-0.2, 0) is 33.2 Å². The summed E-state index contributed by atoms with van der Waals surface area (Å²) < 4.78 is 34.5. The second-order valence-electron chi connectivity index (χ2n) is 32.8. The lowest BCUT2D eigenvalue weighted by Gasteiger charge is -2.48. The summed E-state index contributed by atoms with van der Waals surface area (Å²) in [7, 11) is 0. The van der Waals surface area contributed by atoms with Crippen molar-refractivity contribution in [1.82, 2.24) is 5.32 Å². The Kier molecular flexibility index (Phi) is 65.7. The first-order valence-corrected chi connectivity index (χ1v) is 45.9. The van der Waals surface area contributed by atoms with Crippen LogP contribution in [0.4, 0.5) is 0 Å². The third kappa shape index (κ3) is 49.1. The molecular weight excluding hydrogens is 1390 g/mol. The van der Waals surface area contributed by atoms with Gasteiger partial charge in [0.15, 0.2) is 18.9 Å². The minimum atomic E-state index is -1.98. The van der Waals surface area contributed by atoms with Gasteiger partial charge in [-0.05, 0) is 64.2 Å². The van der Waals surface area contributed by atoms with E-state index in [4.69, 9.17) is 28.4 Å². The maximum atomic E-state index is 13.5. The van der Waals surface area contributed by atoms with E-state index in [-0.39, 0.29) is 18.9 Å². The van der Waals surface area contributed by atoms with Crippen LogP contribution < -0.4 is 5.32 Å². The molecule has 110 heavy (non-hydrogen) atoms. The van der Waals surface area contributed by atoms with Gasteiger partial charge < -0.3 is 89.9 Å². The Morgan fingerprint density at radius 3 is 0.964 bits per heavy atom. The van der Waals surface area contributed by atoms with Gasteiger partial charge >= 0.3 is 0 Å². The van der Waals surface area contributed by atoms with Crippen molar-refractivity contribution in [3.05, 3.63) is 48.6 Å². The van der Waals surface area contributed by atoms with E-state index in [1.165, 1.54) is 315 Å². The second kappa shape index (κ2) is 70.9. The Labute approximate surface area is 669 Å². The van der Waals surface area contributed by atoms with E-state index in [0.29, 0.717) is 12.8 Å². The number of nitrogens with one attached hydrogen (secondary N) is 1. The number of amides is 1. The molecule has 3 saturated heterocycles. The summed E-state index contributed by atoms with van der Waals surface area (Å²) in [4.78, 5) is 13.5. The maximum Gasteiger partial charge on any atom is 0.220 e. The fourth-order valence-electron chi connectivity index (χ4n) is 15.5. The number of carbonyl (C=O) groups excluding carboxylic acids is 1. The van der Waals surface area contributed by atoms with Crippen LogP contribution in [0.15, 0.2) is 48.6 Å². The molecule has 19 heteroatoms. The second-order valence-corrected chi connectivity index (χ2v) is 32.8. The van der Waals surface area contributed by atoms with E-state index in [2.05, 4.69) is 55.6 Å². The van der Waals surface area contributed by atoms with Crippen LogP contribution >= 0.6 is 0 Å². The third-order valence-corrected chi connectivity index (χ3v) is 22.8. The topological polar surface area (TPSA) is 307 Å². The Bertz CT molecular complexity index is 2170. The van der Waals surface area contributed by atoms with Crippen LogP contribution in [0.2, 0.25) is 0 Å². The van der Waals surface area contributed by atoms with Gasteiger partial charge in [0.1, 0.15) is 73.2 Å². The quantitative estimate of drug-likeness (QED) is 0.0199. The fourth-order valence-corrected chi connectivity index (χ4v) is 15.5. The standard InChI is InChI=1S/C91H169NO18/c1-3-5-7-9-11-13-15-17-19-21-23-25-27-29-31-33-35-36-37-38-39-41-43-45-47-49-51-53-55-57-59-61-63-65-67-69-79(97)92-74(75(96)68-66-64-62-60-58-56-54-52-50-48-46-44-42-40-34-32-30-28-26-24-22-20-18-16-14-12-10-8-6-4-2)73-105-89-85(103)82(100)87(77(71-94)107-89)110-91-86(104)83(101)88(78(72-95)108-91)109-90-84(102)81(99)80(98)76(70-93)106-90/h15,17,21,23,58,60,66,68,74-78,80-91,93-96,98-104H,3-14,16,18-20,22,24-57,59,61-65,67,69-73H2,1-2H3,(H,92,97)/b17-15-,23-21-,60-58+,68-66+. The monoisotopic (exact) mass is 1560 g/mol. The molecule has 0 saturated carbocycles. The van der Waals surface area contributed by atoms with E-state index in [1.54, 1.807) is 6.08 Å². The maximum absolute atomic E-state index is 13.5. The van der Waals surface area contributed by atoms with Crippen molar-refractivity contribution < 1.29 is 89.4 Å². The highest BCUT2D eigenvalue weighted by atomic mass is 16.8. The van der Waals surface area contributed by atoms with Crippen LogP contribution in [0.25, 0.3) is 0 Å². The van der Waals surface area contributed by atoms with Crippen LogP contribution in [0.1, 0.15) is 393 Å². The Hall–Kier alpha value is -2.25. The number of aliphatic hydroxyl groups excluding tert-OH is 11. The lowest BCUT2D eigenvalue weighted by atomic mass is 9.96. The molecule has 17 unspecified atom stereocenters. The van der Waals surface area contributed by atoms with E-state index < -0.39 is 124 Å². The zero-order valence-electron chi connectivity index (χ0n) is 69.8. The first-order valence-electron chi connectivity index (χ1n) is 45.9. The number of allylic oxidation sites excluding steroid dienone is 7.